The van der Waals surface area contributed by atoms with Crippen LogP contribution in [0.15, 0.2) is 18.3 Å². The lowest BCUT2D eigenvalue weighted by atomic mass is 10.3. The minimum absolute atomic E-state index is 0.0556. The van der Waals surface area contributed by atoms with Crippen LogP contribution in [0.25, 0.3) is 0 Å². The lowest BCUT2D eigenvalue weighted by Crippen LogP contribution is -2.03. The van der Waals surface area contributed by atoms with Crippen molar-refractivity contribution in [2.75, 3.05) is 0 Å². The molecule has 1 heterocycles. The molecule has 5 heteroatoms. The minimum atomic E-state index is -2.87. The average Bonchev–Trinajstić information content (AvgIpc) is 2.04. The Hall–Kier alpha value is -1.52. The van der Waals surface area contributed by atoms with E-state index in [0.29, 0.717) is 0 Å². The van der Waals surface area contributed by atoms with Crippen LogP contribution in [-0.2, 0) is 0 Å². The van der Waals surface area contributed by atoms with Gasteiger partial charge in [-0.05, 0) is 12.1 Å². The monoisotopic (exact) mass is 187 g/mol. The quantitative estimate of drug-likeness (QED) is 0.678. The molecule has 0 aromatic carbocycles. The van der Waals surface area contributed by atoms with Gasteiger partial charge in [0.1, 0.15) is 11.4 Å². The lowest BCUT2D eigenvalue weighted by Gasteiger charge is -2.02. The number of ether oxygens (including phenoxy) is 1. The third-order valence-electron chi connectivity index (χ3n) is 1.32. The summed E-state index contributed by atoms with van der Waals surface area (Å²) in [7, 11) is 0. The van der Waals surface area contributed by atoms with Crippen LogP contribution in [0.4, 0.5) is 8.78 Å². The van der Waals surface area contributed by atoms with Crippen molar-refractivity contribution in [3.8, 4) is 5.75 Å². The first-order valence-electron chi connectivity index (χ1n) is 3.51. The predicted octanol–water partition coefficient (Wildman–Crippen LogP) is 1.89. The first kappa shape index (κ1) is 9.57. The molecule has 0 aliphatic carbocycles. The molecule has 0 bridgehead atoms. The van der Waals surface area contributed by atoms with Crippen molar-refractivity contribution < 1.29 is 18.3 Å². The van der Waals surface area contributed by atoms with Crippen LogP contribution in [0, 0.1) is 0 Å². The molecule has 1 aromatic rings. The van der Waals surface area contributed by atoms with E-state index in [4.69, 9.17) is 0 Å². The van der Waals surface area contributed by atoms with E-state index in [2.05, 4.69) is 9.72 Å². The van der Waals surface area contributed by atoms with Gasteiger partial charge in [-0.2, -0.15) is 8.78 Å². The highest BCUT2D eigenvalue weighted by molar-refractivity contribution is 5.92. The maximum atomic E-state index is 11.7. The molecule has 1 rings (SSSR count). The molecule has 0 spiro atoms. The number of rotatable bonds is 3. The van der Waals surface area contributed by atoms with E-state index >= 15 is 0 Å². The van der Waals surface area contributed by atoms with Crippen molar-refractivity contribution in [2.24, 2.45) is 0 Å². The highest BCUT2D eigenvalue weighted by Gasteiger charge is 2.05. The molecule has 0 N–H and O–H groups in total. The Bertz CT molecular complexity index is 298. The van der Waals surface area contributed by atoms with Gasteiger partial charge in [0.25, 0.3) is 0 Å². The van der Waals surface area contributed by atoms with Gasteiger partial charge in [0.05, 0.1) is 6.20 Å². The normalized spacial score (nSPS) is 10.2. The predicted molar refractivity (Wildman–Crippen MR) is 40.9 cm³/mol. The molecular weight excluding hydrogens is 180 g/mol. The van der Waals surface area contributed by atoms with E-state index in [9.17, 15) is 13.6 Å². The third-order valence-corrected chi connectivity index (χ3v) is 1.32. The number of pyridine rings is 1. The van der Waals surface area contributed by atoms with E-state index in [0.717, 1.165) is 6.20 Å². The molecule has 0 fully saturated rings. The highest BCUT2D eigenvalue weighted by Crippen LogP contribution is 2.12. The summed E-state index contributed by atoms with van der Waals surface area (Å²) in [6, 6.07) is 2.61. The van der Waals surface area contributed by atoms with Crippen molar-refractivity contribution >= 4 is 5.78 Å². The zero-order valence-corrected chi connectivity index (χ0v) is 6.83. The number of aromatic nitrogens is 1. The molecule has 0 unspecified atom stereocenters. The van der Waals surface area contributed by atoms with Crippen molar-refractivity contribution in [3.05, 3.63) is 24.0 Å². The second-order valence-corrected chi connectivity index (χ2v) is 2.31. The van der Waals surface area contributed by atoms with E-state index < -0.39 is 6.61 Å². The number of ketones is 1. The topological polar surface area (TPSA) is 39.2 Å². The number of hydrogen-bond donors (Lipinski definition) is 0. The van der Waals surface area contributed by atoms with Gasteiger partial charge in [-0.15, -0.1) is 0 Å². The lowest BCUT2D eigenvalue weighted by molar-refractivity contribution is -0.0500. The van der Waals surface area contributed by atoms with Gasteiger partial charge in [-0.25, -0.2) is 4.98 Å². The fraction of sp³-hybridized carbons (Fsp3) is 0.250. The summed E-state index contributed by atoms with van der Waals surface area (Å²) in [4.78, 5) is 14.4. The molecule has 0 radical (unpaired) electrons. The van der Waals surface area contributed by atoms with Crippen LogP contribution in [0.3, 0.4) is 0 Å². The number of halogens is 2. The summed E-state index contributed by atoms with van der Waals surface area (Å²) in [5.74, 6) is -0.274. The number of hydrogen-bond acceptors (Lipinski definition) is 3. The molecule has 3 nitrogen and oxygen atoms in total. The second kappa shape index (κ2) is 3.93. The van der Waals surface area contributed by atoms with Crippen LogP contribution < -0.4 is 4.74 Å². The van der Waals surface area contributed by atoms with Gasteiger partial charge in [0.15, 0.2) is 5.78 Å². The van der Waals surface area contributed by atoms with Gasteiger partial charge in [0, 0.05) is 6.92 Å². The smallest absolute Gasteiger partial charge is 0.387 e. The summed E-state index contributed by atoms with van der Waals surface area (Å²) in [5, 5.41) is 0. The Kier molecular flexibility index (Phi) is 2.89. The molecular formula is C8H7F2NO2. The van der Waals surface area contributed by atoms with E-state index in [1.54, 1.807) is 0 Å². The number of nitrogens with zero attached hydrogens (tertiary/aromatic N) is 1. The van der Waals surface area contributed by atoms with Crippen molar-refractivity contribution in [2.45, 2.75) is 13.5 Å². The molecule has 0 atom stereocenters. The minimum Gasteiger partial charge on any atom is -0.433 e. The first-order chi connectivity index (χ1) is 6.09. The fourth-order valence-corrected chi connectivity index (χ4v) is 0.761. The number of carbonyl (C=O) groups is 1. The number of alkyl halides is 2. The number of carbonyl (C=O) groups excluding carboxylic acids is 1. The Morgan fingerprint density at radius 3 is 2.62 bits per heavy atom. The molecule has 70 valence electrons. The van der Waals surface area contributed by atoms with Gasteiger partial charge in [0.2, 0.25) is 0 Å². The van der Waals surface area contributed by atoms with Crippen LogP contribution in [-0.4, -0.2) is 17.4 Å². The van der Waals surface area contributed by atoms with Crippen molar-refractivity contribution in [1.82, 2.24) is 4.98 Å². The van der Waals surface area contributed by atoms with E-state index in [1.165, 1.54) is 19.1 Å². The maximum Gasteiger partial charge on any atom is 0.387 e. The van der Waals surface area contributed by atoms with E-state index in [-0.39, 0.29) is 17.2 Å². The zero-order chi connectivity index (χ0) is 9.84. The summed E-state index contributed by atoms with van der Waals surface area (Å²) in [6.45, 7) is -1.53. The zero-order valence-electron chi connectivity index (χ0n) is 6.83. The summed E-state index contributed by atoms with van der Waals surface area (Å²) in [6.07, 6.45) is 1.09. The van der Waals surface area contributed by atoms with Crippen molar-refractivity contribution in [3.63, 3.8) is 0 Å². The summed E-state index contributed by atoms with van der Waals surface area (Å²) in [5.41, 5.74) is 0.224. The van der Waals surface area contributed by atoms with Gasteiger partial charge >= 0.3 is 6.61 Å². The molecule has 0 amide bonds. The number of Topliss-reactive ketones (excluding diaryl/α,β-unsaturated/α-hetero) is 1. The Morgan fingerprint density at radius 1 is 1.54 bits per heavy atom. The van der Waals surface area contributed by atoms with Gasteiger partial charge in [-0.3, -0.25) is 4.79 Å². The third kappa shape index (κ3) is 2.77. The van der Waals surface area contributed by atoms with Crippen LogP contribution in [0.2, 0.25) is 0 Å². The second-order valence-electron chi connectivity index (χ2n) is 2.31. The Balaban J connectivity index is 2.75. The van der Waals surface area contributed by atoms with Crippen LogP contribution >= 0.6 is 0 Å². The largest absolute Gasteiger partial charge is 0.433 e. The molecule has 0 saturated heterocycles. The standard InChI is InChI=1S/C8H7F2NO2/c1-5(12)7-3-2-6(4-11-7)13-8(9)10/h2-4,8H,1H3. The first-order valence-corrected chi connectivity index (χ1v) is 3.51. The molecule has 1 aromatic heterocycles. The highest BCUT2D eigenvalue weighted by atomic mass is 19.3. The average molecular weight is 187 g/mol. The maximum absolute atomic E-state index is 11.7. The summed E-state index contributed by atoms with van der Waals surface area (Å²) < 4.78 is 27.4. The Labute approximate surface area is 73.4 Å². The SMILES string of the molecule is CC(=O)c1ccc(OC(F)F)cn1. The van der Waals surface area contributed by atoms with Crippen LogP contribution in [0.1, 0.15) is 17.4 Å². The fourth-order valence-electron chi connectivity index (χ4n) is 0.761. The molecule has 13 heavy (non-hydrogen) atoms. The summed E-state index contributed by atoms with van der Waals surface area (Å²) >= 11 is 0. The van der Waals surface area contributed by atoms with Gasteiger partial charge < -0.3 is 4.74 Å². The Morgan fingerprint density at radius 2 is 2.23 bits per heavy atom. The molecule has 0 aliphatic rings. The molecule has 0 aliphatic heterocycles. The van der Waals surface area contributed by atoms with Gasteiger partial charge in [-0.1, -0.05) is 0 Å². The van der Waals surface area contributed by atoms with Crippen molar-refractivity contribution in [1.29, 1.82) is 0 Å². The molecule has 0 saturated carbocycles. The van der Waals surface area contributed by atoms with Crippen LogP contribution in [0.5, 0.6) is 5.75 Å². The van der Waals surface area contributed by atoms with E-state index in [1.807, 2.05) is 0 Å².